The van der Waals surface area contributed by atoms with Crippen molar-refractivity contribution in [3.63, 3.8) is 0 Å². The molecule has 1 unspecified atom stereocenters. The van der Waals surface area contributed by atoms with Crippen molar-refractivity contribution < 1.29 is 44.8 Å². The van der Waals surface area contributed by atoms with E-state index in [0.717, 1.165) is 6.42 Å². The molecule has 0 aromatic heterocycles. The Morgan fingerprint density at radius 1 is 1.04 bits per heavy atom. The normalized spacial score (nSPS) is 21.4. The predicted octanol–water partition coefficient (Wildman–Crippen LogP) is -0.295. The van der Waals surface area contributed by atoms with Crippen LogP contribution in [0.3, 0.4) is 0 Å². The first-order valence-corrected chi connectivity index (χ1v) is 8.84. The molecule has 0 N–H and O–H groups in total. The van der Waals surface area contributed by atoms with Crippen LogP contribution in [0.5, 0.6) is 0 Å². The average molecular weight is 387 g/mol. The van der Waals surface area contributed by atoms with E-state index in [9.17, 15) is 0 Å². The van der Waals surface area contributed by atoms with Crippen LogP contribution < -0.4 is 24.8 Å². The second-order valence-electron chi connectivity index (χ2n) is 6.13. The number of hydrogen-bond donors (Lipinski definition) is 0. The molecule has 3 aliphatic carbocycles. The third-order valence-corrected chi connectivity index (χ3v) is 4.69. The summed E-state index contributed by atoms with van der Waals surface area (Å²) in [6.07, 6.45) is 20.9. The Morgan fingerprint density at radius 3 is 1.83 bits per heavy atom. The van der Waals surface area contributed by atoms with Crippen LogP contribution in [-0.4, -0.2) is 3.81 Å². The fraction of sp³-hybridized carbons (Fsp3) is 0.550. The van der Waals surface area contributed by atoms with Crippen molar-refractivity contribution >= 4 is 3.81 Å². The topological polar surface area (TPSA) is 0 Å². The molecule has 3 aliphatic rings. The van der Waals surface area contributed by atoms with Crippen LogP contribution in [-0.2, 0) is 20.0 Å². The zero-order valence-electron chi connectivity index (χ0n) is 14.8. The maximum atomic E-state index is 3.22. The minimum atomic E-state index is 0. The molecule has 0 heterocycles. The van der Waals surface area contributed by atoms with Crippen molar-refractivity contribution in [2.45, 2.75) is 66.2 Å². The standard InChI is InChI=1S/2C7H9.C6H10.2ClH.Ti/c1-6-3-4-7(2)5-6;1-6-4-3-5-7(6)2;1-2-4-6-5-3-1;;;/h3-4,6H,1-2H3;4H,5H2,1-2H3;1-5H2;2*1H;/q2*-1;;;;+2/p-2. The average Bonchev–Trinajstić information content (AvgIpc) is 3.01. The van der Waals surface area contributed by atoms with Crippen molar-refractivity contribution in [3.8, 4) is 0 Å². The SMILES string of the molecule is CC1=C(C)C[C-]=C1.CC1=[C-]C(C)C=C1.[Cl-].[Cl-].[Ti+2]=[C]1CCCCC1. The summed E-state index contributed by atoms with van der Waals surface area (Å²) in [6.45, 7) is 8.47. The fourth-order valence-corrected chi connectivity index (χ4v) is 2.89. The van der Waals surface area contributed by atoms with Gasteiger partial charge in [0.2, 0.25) is 0 Å². The van der Waals surface area contributed by atoms with E-state index in [2.05, 4.69) is 78.0 Å². The van der Waals surface area contributed by atoms with Crippen LogP contribution in [0.2, 0.25) is 0 Å². The molecule has 1 fully saturated rings. The second kappa shape index (κ2) is 14.5. The van der Waals surface area contributed by atoms with Crippen molar-refractivity contribution in [1.82, 2.24) is 0 Å². The predicted molar refractivity (Wildman–Crippen MR) is 89.6 cm³/mol. The van der Waals surface area contributed by atoms with Gasteiger partial charge in [-0.3, -0.25) is 12.2 Å². The molecule has 3 rings (SSSR count). The molecule has 0 aromatic rings. The van der Waals surface area contributed by atoms with E-state index >= 15 is 0 Å². The molecule has 0 saturated heterocycles. The molecule has 3 heteroatoms. The summed E-state index contributed by atoms with van der Waals surface area (Å²) in [5, 5.41) is 0. The third kappa shape index (κ3) is 12.2. The molecule has 1 atom stereocenters. The summed E-state index contributed by atoms with van der Waals surface area (Å²) in [5.74, 6) is 0.556. The van der Waals surface area contributed by atoms with Crippen LogP contribution in [0.25, 0.3) is 0 Å². The quantitative estimate of drug-likeness (QED) is 0.396. The van der Waals surface area contributed by atoms with Gasteiger partial charge in [-0.05, 0) is 0 Å². The van der Waals surface area contributed by atoms with Crippen molar-refractivity contribution in [3.05, 3.63) is 47.1 Å². The van der Waals surface area contributed by atoms with Gasteiger partial charge < -0.3 is 24.8 Å². The summed E-state index contributed by atoms with van der Waals surface area (Å²) in [6, 6.07) is 0. The zero-order valence-corrected chi connectivity index (χ0v) is 17.9. The Bertz CT molecular complexity index is 462. The van der Waals surface area contributed by atoms with E-state index in [1.807, 2.05) is 0 Å². The Kier molecular flexibility index (Phi) is 16.0. The summed E-state index contributed by atoms with van der Waals surface area (Å²) in [4.78, 5) is 0. The molecule has 0 spiro atoms. The van der Waals surface area contributed by atoms with Crippen molar-refractivity contribution in [1.29, 1.82) is 0 Å². The second-order valence-corrected chi connectivity index (χ2v) is 7.23. The van der Waals surface area contributed by atoms with Gasteiger partial charge in [-0.1, -0.05) is 26.7 Å². The van der Waals surface area contributed by atoms with Gasteiger partial charge in [0.05, 0.1) is 0 Å². The number of rotatable bonds is 0. The van der Waals surface area contributed by atoms with E-state index in [1.54, 1.807) is 3.81 Å². The molecule has 1 saturated carbocycles. The molecule has 0 radical (unpaired) electrons. The van der Waals surface area contributed by atoms with Crippen LogP contribution >= 0.6 is 0 Å². The number of hydrogen-bond acceptors (Lipinski definition) is 0. The Hall–Kier alpha value is 0.124. The summed E-state index contributed by atoms with van der Waals surface area (Å²) >= 11 is 2.28. The van der Waals surface area contributed by atoms with Gasteiger partial charge in [0, 0.05) is 0 Å². The van der Waals surface area contributed by atoms with Crippen molar-refractivity contribution in [2.75, 3.05) is 0 Å². The summed E-state index contributed by atoms with van der Waals surface area (Å²) in [5.41, 5.74) is 4.12. The van der Waals surface area contributed by atoms with Gasteiger partial charge >= 0.3 is 55.9 Å². The molecule has 0 bridgehead atoms. The first-order chi connectivity index (χ1) is 9.99. The van der Waals surface area contributed by atoms with Crippen LogP contribution in [0.1, 0.15) is 66.2 Å². The summed E-state index contributed by atoms with van der Waals surface area (Å²) in [7, 11) is 0. The van der Waals surface area contributed by atoms with Gasteiger partial charge in [0.25, 0.3) is 0 Å². The fourth-order valence-electron chi connectivity index (χ4n) is 2.34. The van der Waals surface area contributed by atoms with Crippen LogP contribution in [0.4, 0.5) is 0 Å². The van der Waals surface area contributed by atoms with Gasteiger partial charge in [-0.2, -0.15) is 11.6 Å². The third-order valence-electron chi connectivity index (χ3n) is 3.91. The first-order valence-electron chi connectivity index (χ1n) is 8.06. The van der Waals surface area contributed by atoms with E-state index < -0.39 is 0 Å². The number of halogens is 2. The van der Waals surface area contributed by atoms with E-state index in [4.69, 9.17) is 0 Å². The van der Waals surface area contributed by atoms with Gasteiger partial charge in [-0.25, -0.2) is 23.3 Å². The van der Waals surface area contributed by atoms with E-state index in [0.29, 0.717) is 5.92 Å². The summed E-state index contributed by atoms with van der Waals surface area (Å²) < 4.78 is 1.71. The Balaban J connectivity index is 0. The maximum absolute atomic E-state index is 3.22. The van der Waals surface area contributed by atoms with E-state index in [1.165, 1.54) is 48.8 Å². The molecular formula is C20H28Cl2Ti-2. The molecule has 0 aromatic carbocycles. The minimum absolute atomic E-state index is 0. The van der Waals surface area contributed by atoms with Crippen LogP contribution in [0, 0.1) is 18.1 Å². The Labute approximate surface area is 167 Å². The molecule has 128 valence electrons. The molecule has 23 heavy (non-hydrogen) atoms. The van der Waals surface area contributed by atoms with E-state index in [-0.39, 0.29) is 24.8 Å². The molecular weight excluding hydrogens is 359 g/mol. The van der Waals surface area contributed by atoms with Gasteiger partial charge in [0.15, 0.2) is 0 Å². The monoisotopic (exact) mass is 386 g/mol. The first kappa shape index (κ1) is 25.4. The Morgan fingerprint density at radius 2 is 1.65 bits per heavy atom. The molecule has 0 aliphatic heterocycles. The molecule has 0 amide bonds. The zero-order chi connectivity index (χ0) is 15.7. The molecule has 0 nitrogen and oxygen atoms in total. The van der Waals surface area contributed by atoms with Gasteiger partial charge in [-0.15, -0.1) is 13.3 Å². The number of allylic oxidation sites excluding steroid dienone is 8. The van der Waals surface area contributed by atoms with Crippen LogP contribution in [0.15, 0.2) is 34.9 Å². The van der Waals surface area contributed by atoms with Gasteiger partial charge in [0.1, 0.15) is 0 Å². The van der Waals surface area contributed by atoms with Crippen molar-refractivity contribution in [2.24, 2.45) is 5.92 Å².